The third-order valence-corrected chi connectivity index (χ3v) is 4.49. The van der Waals surface area contributed by atoms with Gasteiger partial charge in [-0.1, -0.05) is 79.1 Å². The largest absolute Gasteiger partial charge is 4.00 e. The predicted molar refractivity (Wildman–Crippen MR) is 98.5 cm³/mol. The molecule has 0 nitrogen and oxygen atoms in total. The van der Waals surface area contributed by atoms with Gasteiger partial charge in [-0.3, -0.25) is 12.2 Å². The van der Waals surface area contributed by atoms with Crippen LogP contribution in [0.4, 0.5) is 0 Å². The van der Waals surface area contributed by atoms with E-state index in [2.05, 4.69) is 52.0 Å². The van der Waals surface area contributed by atoms with Crippen molar-refractivity contribution in [1.29, 1.82) is 0 Å². The van der Waals surface area contributed by atoms with E-state index in [9.17, 15) is 0 Å². The topological polar surface area (TPSA) is 0 Å². The molecule has 0 heterocycles. The van der Waals surface area contributed by atoms with E-state index in [0.717, 1.165) is 12.8 Å². The molecule has 0 bridgehead atoms. The van der Waals surface area contributed by atoms with Crippen molar-refractivity contribution in [3.63, 3.8) is 0 Å². The van der Waals surface area contributed by atoms with Crippen LogP contribution < -0.4 is 24.8 Å². The first-order valence-electron chi connectivity index (χ1n) is 9.22. The molecule has 0 saturated heterocycles. The SMILES string of the molecule is CCCCCC1=CC[C-]=C1C.CCCCCC1=CC[C-]=C1C.[Cl-].[Cl-].[Hf+4]. The molecule has 0 fully saturated rings. The molecule has 0 amide bonds. The Morgan fingerprint density at radius 2 is 1.08 bits per heavy atom. The number of hydrogen-bond acceptors (Lipinski definition) is 0. The monoisotopic (exact) mass is 548 g/mol. The van der Waals surface area contributed by atoms with Gasteiger partial charge in [-0.05, 0) is 0 Å². The van der Waals surface area contributed by atoms with Gasteiger partial charge in [-0.15, -0.1) is 12.8 Å². The fourth-order valence-corrected chi connectivity index (χ4v) is 2.90. The minimum Gasteiger partial charge on any atom is -1.00 e. The van der Waals surface area contributed by atoms with Crippen molar-refractivity contribution < 1.29 is 50.7 Å². The van der Waals surface area contributed by atoms with Crippen molar-refractivity contribution in [2.45, 2.75) is 91.9 Å². The Bertz CT molecular complexity index is 403. The Labute approximate surface area is 188 Å². The normalized spacial score (nSPS) is 14.6. The Kier molecular flexibility index (Phi) is 23.1. The van der Waals surface area contributed by atoms with E-state index in [1.807, 2.05) is 0 Å². The zero-order valence-corrected chi connectivity index (χ0v) is 21.6. The van der Waals surface area contributed by atoms with Gasteiger partial charge in [0.15, 0.2) is 0 Å². The van der Waals surface area contributed by atoms with Crippen molar-refractivity contribution >= 4 is 0 Å². The molecule has 0 aromatic heterocycles. The van der Waals surface area contributed by atoms with E-state index in [4.69, 9.17) is 0 Å². The van der Waals surface area contributed by atoms with Crippen LogP contribution >= 0.6 is 0 Å². The molecule has 0 unspecified atom stereocenters. The van der Waals surface area contributed by atoms with E-state index < -0.39 is 0 Å². The van der Waals surface area contributed by atoms with Crippen LogP contribution in [0.15, 0.2) is 34.4 Å². The second-order valence-corrected chi connectivity index (χ2v) is 6.38. The summed E-state index contributed by atoms with van der Waals surface area (Å²) >= 11 is 0. The maximum absolute atomic E-state index is 3.32. The molecule has 0 atom stereocenters. The van der Waals surface area contributed by atoms with Gasteiger partial charge in [-0.2, -0.15) is 23.3 Å². The number of unbranched alkanes of at least 4 members (excludes halogenated alkanes) is 4. The van der Waals surface area contributed by atoms with Crippen molar-refractivity contribution in [1.82, 2.24) is 0 Å². The molecule has 0 N–H and O–H groups in total. The molecule has 0 radical (unpaired) electrons. The average Bonchev–Trinajstić information content (AvgIpc) is 3.10. The van der Waals surface area contributed by atoms with E-state index in [0.29, 0.717) is 0 Å². The smallest absolute Gasteiger partial charge is 1.00 e. The molecule has 0 aliphatic heterocycles. The molecule has 2 aliphatic rings. The maximum Gasteiger partial charge on any atom is 4.00 e. The molecule has 2 aliphatic carbocycles. The third-order valence-electron chi connectivity index (χ3n) is 4.49. The number of allylic oxidation sites excluding steroid dienone is 8. The van der Waals surface area contributed by atoms with Gasteiger partial charge in [0.25, 0.3) is 0 Å². The van der Waals surface area contributed by atoms with Gasteiger partial charge < -0.3 is 24.8 Å². The summed E-state index contributed by atoms with van der Waals surface area (Å²) < 4.78 is 0. The van der Waals surface area contributed by atoms with Crippen LogP contribution in [0.3, 0.4) is 0 Å². The van der Waals surface area contributed by atoms with E-state index in [1.165, 1.54) is 62.5 Å². The minimum atomic E-state index is 0. The fraction of sp³-hybridized carbons (Fsp3) is 0.636. The Balaban J connectivity index is -0.000000346. The first kappa shape index (κ1) is 30.1. The molecule has 2 rings (SSSR count). The minimum absolute atomic E-state index is 0. The first-order valence-corrected chi connectivity index (χ1v) is 9.22. The zero-order valence-electron chi connectivity index (χ0n) is 16.5. The summed E-state index contributed by atoms with van der Waals surface area (Å²) in [4.78, 5) is 0. The van der Waals surface area contributed by atoms with Crippen molar-refractivity contribution in [2.24, 2.45) is 0 Å². The summed E-state index contributed by atoms with van der Waals surface area (Å²) in [5.74, 6) is 0. The Morgan fingerprint density at radius 1 is 0.720 bits per heavy atom. The average molecular weight is 548 g/mol. The Hall–Kier alpha value is 0.410. The second kappa shape index (κ2) is 19.2. The predicted octanol–water partition coefficient (Wildman–Crippen LogP) is 1.30. The molecule has 0 spiro atoms. The van der Waals surface area contributed by atoms with Crippen LogP contribution in [0.1, 0.15) is 91.9 Å². The summed E-state index contributed by atoms with van der Waals surface area (Å²) in [6.45, 7) is 8.84. The summed E-state index contributed by atoms with van der Waals surface area (Å²) in [5, 5.41) is 0. The molecule has 25 heavy (non-hydrogen) atoms. The van der Waals surface area contributed by atoms with Crippen LogP contribution in [-0.2, 0) is 25.8 Å². The van der Waals surface area contributed by atoms with Crippen LogP contribution in [0.25, 0.3) is 0 Å². The molecular weight excluding hydrogens is 514 g/mol. The van der Waals surface area contributed by atoms with Gasteiger partial charge in [0.05, 0.1) is 0 Å². The van der Waals surface area contributed by atoms with Gasteiger partial charge in [0.2, 0.25) is 0 Å². The van der Waals surface area contributed by atoms with Crippen LogP contribution in [-0.4, -0.2) is 0 Å². The van der Waals surface area contributed by atoms with Crippen molar-refractivity contribution in [3.8, 4) is 0 Å². The Morgan fingerprint density at radius 3 is 1.32 bits per heavy atom. The summed E-state index contributed by atoms with van der Waals surface area (Å²) in [6, 6.07) is 0. The molecule has 0 aromatic carbocycles. The number of rotatable bonds is 8. The molecule has 0 saturated carbocycles. The fourth-order valence-electron chi connectivity index (χ4n) is 2.90. The van der Waals surface area contributed by atoms with Gasteiger partial charge in [0.1, 0.15) is 0 Å². The van der Waals surface area contributed by atoms with Crippen molar-refractivity contribution in [3.05, 3.63) is 46.6 Å². The third kappa shape index (κ3) is 13.3. The molecule has 3 heteroatoms. The number of hydrogen-bond donors (Lipinski definition) is 0. The maximum atomic E-state index is 3.32. The first-order chi connectivity index (χ1) is 10.7. The summed E-state index contributed by atoms with van der Waals surface area (Å²) in [5.41, 5.74) is 5.86. The van der Waals surface area contributed by atoms with E-state index >= 15 is 0 Å². The second-order valence-electron chi connectivity index (χ2n) is 6.38. The molecule has 140 valence electrons. The molecule has 0 aromatic rings. The number of halogens is 2. The van der Waals surface area contributed by atoms with Crippen LogP contribution in [0.2, 0.25) is 0 Å². The van der Waals surface area contributed by atoms with Crippen LogP contribution in [0, 0.1) is 12.2 Å². The van der Waals surface area contributed by atoms with E-state index in [-0.39, 0.29) is 50.7 Å². The van der Waals surface area contributed by atoms with E-state index in [1.54, 1.807) is 11.1 Å². The van der Waals surface area contributed by atoms with Gasteiger partial charge in [-0.25, -0.2) is 11.1 Å². The molecular formula is C22H34Cl2Hf. The quantitative estimate of drug-likeness (QED) is 0.244. The zero-order chi connectivity index (χ0) is 16.2. The van der Waals surface area contributed by atoms with Crippen molar-refractivity contribution in [2.75, 3.05) is 0 Å². The van der Waals surface area contributed by atoms with Crippen LogP contribution in [0.5, 0.6) is 0 Å². The summed E-state index contributed by atoms with van der Waals surface area (Å²) in [7, 11) is 0. The van der Waals surface area contributed by atoms with Gasteiger partial charge in [0, 0.05) is 0 Å². The summed E-state index contributed by atoms with van der Waals surface area (Å²) in [6.07, 6.45) is 24.0. The standard InChI is InChI=1S/2C11H17.2ClH.Hf/c2*1-3-4-5-8-11-9-6-7-10(11)2;;;/h2*9H,3-6,8H2,1-2H3;2*1H;/q2*-1;;;+4/p-2. The van der Waals surface area contributed by atoms with Gasteiger partial charge >= 0.3 is 25.8 Å².